The molecule has 0 aliphatic carbocycles. The van der Waals surface area contributed by atoms with Crippen molar-refractivity contribution in [3.8, 4) is 0 Å². The molecule has 0 spiro atoms. The lowest BCUT2D eigenvalue weighted by Gasteiger charge is -2.35. The molecule has 4 nitrogen and oxygen atoms in total. The Morgan fingerprint density at radius 3 is 2.36 bits per heavy atom. The van der Waals surface area contributed by atoms with E-state index in [4.69, 9.17) is 5.10 Å². The molecule has 4 rings (SSSR count). The number of hydrazone groups is 1. The van der Waals surface area contributed by atoms with Crippen LogP contribution in [-0.4, -0.2) is 23.9 Å². The van der Waals surface area contributed by atoms with E-state index in [2.05, 4.69) is 56.1 Å². The second-order valence-corrected chi connectivity index (χ2v) is 6.64. The summed E-state index contributed by atoms with van der Waals surface area (Å²) < 4.78 is 1.02. The van der Waals surface area contributed by atoms with Crippen LogP contribution in [0.3, 0.4) is 0 Å². The van der Waals surface area contributed by atoms with E-state index >= 15 is 0 Å². The van der Waals surface area contributed by atoms with Gasteiger partial charge in [0.25, 0.3) is 0 Å². The van der Waals surface area contributed by atoms with Crippen LogP contribution in [0.5, 0.6) is 0 Å². The molecule has 25 heavy (non-hydrogen) atoms. The van der Waals surface area contributed by atoms with Crippen molar-refractivity contribution in [3.63, 3.8) is 0 Å². The zero-order valence-electron chi connectivity index (χ0n) is 13.6. The third-order valence-corrected chi connectivity index (χ3v) is 4.77. The molecule has 0 N–H and O–H groups in total. The number of pyridine rings is 1. The molecule has 0 unspecified atom stereocenters. The van der Waals surface area contributed by atoms with Gasteiger partial charge in [0.1, 0.15) is 12.4 Å². The monoisotopic (exact) mass is 392 g/mol. The quantitative estimate of drug-likeness (QED) is 0.655. The summed E-state index contributed by atoms with van der Waals surface area (Å²) >= 11 is 3.64. The van der Waals surface area contributed by atoms with Gasteiger partial charge in [0.2, 0.25) is 0 Å². The van der Waals surface area contributed by atoms with E-state index in [9.17, 15) is 0 Å². The highest BCUT2D eigenvalue weighted by Crippen LogP contribution is 2.29. The van der Waals surface area contributed by atoms with E-state index in [1.807, 2.05) is 53.7 Å². The fourth-order valence-corrected chi connectivity index (χ4v) is 3.36. The Balaban J connectivity index is 1.76. The number of aromatic nitrogens is 1. The highest BCUT2D eigenvalue weighted by molar-refractivity contribution is 9.10. The molecule has 2 aromatic carbocycles. The topological polar surface area (TPSA) is 31.7 Å². The van der Waals surface area contributed by atoms with Gasteiger partial charge >= 0.3 is 0 Å². The van der Waals surface area contributed by atoms with Crippen LogP contribution in [0.1, 0.15) is 5.69 Å². The number of rotatable bonds is 3. The van der Waals surface area contributed by atoms with Crippen molar-refractivity contribution in [1.29, 1.82) is 0 Å². The van der Waals surface area contributed by atoms with E-state index in [1.165, 1.54) is 5.69 Å². The average Bonchev–Trinajstić information content (AvgIpc) is 2.69. The third kappa shape index (κ3) is 3.42. The average molecular weight is 393 g/mol. The van der Waals surface area contributed by atoms with E-state index in [-0.39, 0.29) is 0 Å². The minimum atomic E-state index is 0.683. The van der Waals surface area contributed by atoms with E-state index in [0.29, 0.717) is 6.67 Å². The Morgan fingerprint density at radius 2 is 1.60 bits per heavy atom. The van der Waals surface area contributed by atoms with E-state index < -0.39 is 0 Å². The first-order valence-corrected chi connectivity index (χ1v) is 8.91. The maximum atomic E-state index is 4.87. The van der Waals surface area contributed by atoms with Crippen molar-refractivity contribution in [2.75, 3.05) is 23.1 Å². The molecule has 0 fully saturated rings. The van der Waals surface area contributed by atoms with E-state index in [0.717, 1.165) is 28.1 Å². The van der Waals surface area contributed by atoms with Crippen molar-refractivity contribution >= 4 is 33.0 Å². The Labute approximate surface area is 155 Å². The van der Waals surface area contributed by atoms with Crippen LogP contribution in [0.15, 0.2) is 88.6 Å². The molecule has 1 aliphatic heterocycles. The molecule has 0 saturated carbocycles. The van der Waals surface area contributed by atoms with E-state index in [1.54, 1.807) is 0 Å². The molecule has 3 aromatic rings. The van der Waals surface area contributed by atoms with Gasteiger partial charge in [0, 0.05) is 16.4 Å². The molecule has 5 heteroatoms. The third-order valence-electron chi connectivity index (χ3n) is 4.10. The number of hydrogen-bond donors (Lipinski definition) is 0. The van der Waals surface area contributed by atoms with Crippen LogP contribution in [0.4, 0.5) is 11.4 Å². The fourth-order valence-electron chi connectivity index (χ4n) is 2.87. The second-order valence-electron chi connectivity index (χ2n) is 5.79. The number of para-hydroxylation sites is 2. The van der Waals surface area contributed by atoms with Gasteiger partial charge in [-0.1, -0.05) is 36.4 Å². The van der Waals surface area contributed by atoms with Crippen molar-refractivity contribution < 1.29 is 0 Å². The summed E-state index contributed by atoms with van der Waals surface area (Å²) in [5, 5.41) is 6.89. The van der Waals surface area contributed by atoms with Gasteiger partial charge in [-0.3, -0.25) is 4.98 Å². The SMILES string of the molecule is Brc1ccccc1N1CN(c2ccccc2)CC(c2ccccn2)=N1. The van der Waals surface area contributed by atoms with Gasteiger partial charge in [-0.2, -0.15) is 5.10 Å². The number of benzene rings is 2. The second kappa shape index (κ2) is 7.07. The van der Waals surface area contributed by atoms with Gasteiger partial charge < -0.3 is 4.90 Å². The van der Waals surface area contributed by atoms with Gasteiger partial charge in [-0.05, 0) is 52.3 Å². The minimum Gasteiger partial charge on any atom is -0.346 e. The highest BCUT2D eigenvalue weighted by Gasteiger charge is 2.23. The fraction of sp³-hybridized carbons (Fsp3) is 0.100. The van der Waals surface area contributed by atoms with Crippen LogP contribution in [-0.2, 0) is 0 Å². The highest BCUT2D eigenvalue weighted by atomic mass is 79.9. The molecule has 0 saturated heterocycles. The molecular weight excluding hydrogens is 376 g/mol. The predicted molar refractivity (Wildman–Crippen MR) is 106 cm³/mol. The Hall–Kier alpha value is -2.66. The van der Waals surface area contributed by atoms with Gasteiger partial charge in [0.05, 0.1) is 17.9 Å². The lowest BCUT2D eigenvalue weighted by atomic mass is 10.2. The Kier molecular flexibility index (Phi) is 4.48. The molecule has 1 aromatic heterocycles. The van der Waals surface area contributed by atoms with Crippen molar-refractivity contribution in [3.05, 3.63) is 89.2 Å². The van der Waals surface area contributed by atoms with Crippen LogP contribution in [0, 0.1) is 0 Å². The number of nitrogens with zero attached hydrogens (tertiary/aromatic N) is 4. The van der Waals surface area contributed by atoms with Crippen LogP contribution in [0.2, 0.25) is 0 Å². The number of hydrogen-bond acceptors (Lipinski definition) is 4. The van der Waals surface area contributed by atoms with Gasteiger partial charge in [0.15, 0.2) is 0 Å². The van der Waals surface area contributed by atoms with Crippen molar-refractivity contribution in [1.82, 2.24) is 4.98 Å². The molecule has 0 amide bonds. The molecule has 0 radical (unpaired) electrons. The molecule has 1 aliphatic rings. The predicted octanol–water partition coefficient (Wildman–Crippen LogP) is 4.53. The first kappa shape index (κ1) is 15.8. The van der Waals surface area contributed by atoms with Crippen LogP contribution in [0.25, 0.3) is 0 Å². The van der Waals surface area contributed by atoms with Crippen molar-refractivity contribution in [2.45, 2.75) is 0 Å². The maximum Gasteiger partial charge on any atom is 0.113 e. The van der Waals surface area contributed by atoms with Gasteiger partial charge in [-0.15, -0.1) is 0 Å². The standard InChI is InChI=1S/C20H17BrN4/c21-17-10-4-5-12-20(17)25-15-24(16-8-2-1-3-9-16)14-19(23-25)18-11-6-7-13-22-18/h1-13H,14-15H2. The molecule has 0 bridgehead atoms. The van der Waals surface area contributed by atoms with Crippen molar-refractivity contribution in [2.24, 2.45) is 5.10 Å². The summed E-state index contributed by atoms with van der Waals surface area (Å²) in [6, 6.07) is 24.5. The molecule has 2 heterocycles. The first-order valence-electron chi connectivity index (χ1n) is 8.12. The van der Waals surface area contributed by atoms with Gasteiger partial charge in [-0.25, -0.2) is 5.01 Å². The zero-order chi connectivity index (χ0) is 17.1. The number of anilines is 2. The lowest BCUT2D eigenvalue weighted by molar-refractivity contribution is 0.755. The minimum absolute atomic E-state index is 0.683. The van der Waals surface area contributed by atoms with Crippen LogP contribution >= 0.6 is 15.9 Å². The maximum absolute atomic E-state index is 4.87. The summed E-state index contributed by atoms with van der Waals surface area (Å²) in [4.78, 5) is 6.79. The Bertz CT molecular complexity index is 880. The summed E-state index contributed by atoms with van der Waals surface area (Å²) in [5.74, 6) is 0. The summed E-state index contributed by atoms with van der Waals surface area (Å²) in [5.41, 5.74) is 4.06. The summed E-state index contributed by atoms with van der Waals surface area (Å²) in [6.45, 7) is 1.41. The normalized spacial score (nSPS) is 14.4. The molecule has 124 valence electrons. The summed E-state index contributed by atoms with van der Waals surface area (Å²) in [6.07, 6.45) is 1.81. The largest absolute Gasteiger partial charge is 0.346 e. The molecular formula is C20H17BrN4. The molecule has 0 atom stereocenters. The summed E-state index contributed by atoms with van der Waals surface area (Å²) in [7, 11) is 0. The lowest BCUT2D eigenvalue weighted by Crippen LogP contribution is -2.44. The Morgan fingerprint density at radius 1 is 0.840 bits per heavy atom. The first-order chi connectivity index (χ1) is 12.3. The smallest absolute Gasteiger partial charge is 0.113 e. The zero-order valence-corrected chi connectivity index (χ0v) is 15.2. The van der Waals surface area contributed by atoms with Crippen LogP contribution < -0.4 is 9.91 Å². The number of halogens is 1.